The van der Waals surface area contributed by atoms with Crippen molar-refractivity contribution in [3.63, 3.8) is 0 Å². The van der Waals surface area contributed by atoms with Crippen LogP contribution in [-0.4, -0.2) is 17.6 Å². The first-order valence-electron chi connectivity index (χ1n) is 6.81. The van der Waals surface area contributed by atoms with Crippen LogP contribution in [0.5, 0.6) is 0 Å². The largest absolute Gasteiger partial charge is 0.465 e. The molecule has 0 saturated carbocycles. The average Bonchev–Trinajstić information content (AvgIpc) is 2.84. The van der Waals surface area contributed by atoms with Gasteiger partial charge in [0.05, 0.1) is 16.8 Å². The summed E-state index contributed by atoms with van der Waals surface area (Å²) in [6.45, 7) is 6.21. The topological polar surface area (TPSA) is 39.2 Å². The standard InChI is InChI=1S/C15H18ClNO2S/c1-4-15(5-2,14(18)19-6-3)13-17-11-9-10(16)7-8-12(11)20-13/h7-9H,4-6H2,1-3H3. The first-order valence-corrected chi connectivity index (χ1v) is 8.00. The Bertz CT molecular complexity index is 619. The number of esters is 1. The molecule has 0 saturated heterocycles. The van der Waals surface area contributed by atoms with Crippen molar-refractivity contribution in [2.24, 2.45) is 0 Å². The van der Waals surface area contributed by atoms with Crippen molar-refractivity contribution >= 4 is 39.1 Å². The lowest BCUT2D eigenvalue weighted by Gasteiger charge is -2.26. The van der Waals surface area contributed by atoms with Crippen molar-refractivity contribution in [1.82, 2.24) is 4.98 Å². The van der Waals surface area contributed by atoms with Gasteiger partial charge in [-0.3, -0.25) is 4.79 Å². The molecule has 0 aliphatic rings. The molecule has 2 rings (SSSR count). The van der Waals surface area contributed by atoms with E-state index in [1.54, 1.807) is 11.3 Å². The van der Waals surface area contributed by atoms with Crippen LogP contribution in [0.2, 0.25) is 5.02 Å². The molecule has 1 heterocycles. The van der Waals surface area contributed by atoms with Crippen molar-refractivity contribution < 1.29 is 9.53 Å². The number of hydrogen-bond acceptors (Lipinski definition) is 4. The molecule has 5 heteroatoms. The van der Waals surface area contributed by atoms with E-state index >= 15 is 0 Å². The predicted molar refractivity (Wildman–Crippen MR) is 83.5 cm³/mol. The maximum atomic E-state index is 12.4. The lowest BCUT2D eigenvalue weighted by molar-refractivity contribution is -0.150. The summed E-state index contributed by atoms with van der Waals surface area (Å²) in [5.74, 6) is -0.185. The molecule has 0 spiro atoms. The zero-order valence-electron chi connectivity index (χ0n) is 11.9. The van der Waals surface area contributed by atoms with Gasteiger partial charge in [-0.25, -0.2) is 4.98 Å². The van der Waals surface area contributed by atoms with Crippen molar-refractivity contribution in [3.05, 3.63) is 28.2 Å². The minimum atomic E-state index is -0.647. The van der Waals surface area contributed by atoms with E-state index in [2.05, 4.69) is 4.98 Å². The Kier molecular flexibility index (Phi) is 4.66. The molecule has 0 atom stereocenters. The van der Waals surface area contributed by atoms with Crippen molar-refractivity contribution in [1.29, 1.82) is 0 Å². The van der Waals surface area contributed by atoms with E-state index in [1.165, 1.54) is 0 Å². The minimum Gasteiger partial charge on any atom is -0.465 e. The van der Waals surface area contributed by atoms with Crippen LogP contribution in [-0.2, 0) is 14.9 Å². The van der Waals surface area contributed by atoms with Crippen LogP contribution < -0.4 is 0 Å². The summed E-state index contributed by atoms with van der Waals surface area (Å²) in [4.78, 5) is 17.0. The van der Waals surface area contributed by atoms with Crippen LogP contribution in [0.25, 0.3) is 10.2 Å². The molecule has 0 aliphatic carbocycles. The molecule has 3 nitrogen and oxygen atoms in total. The smallest absolute Gasteiger partial charge is 0.319 e. The fraction of sp³-hybridized carbons (Fsp3) is 0.467. The van der Waals surface area contributed by atoms with Gasteiger partial charge in [-0.1, -0.05) is 25.4 Å². The third-order valence-corrected chi connectivity index (χ3v) is 5.11. The molecule has 0 unspecified atom stereocenters. The quantitative estimate of drug-likeness (QED) is 0.759. The van der Waals surface area contributed by atoms with E-state index in [9.17, 15) is 4.79 Å². The van der Waals surface area contributed by atoms with Gasteiger partial charge in [0.1, 0.15) is 10.4 Å². The monoisotopic (exact) mass is 311 g/mol. The van der Waals surface area contributed by atoms with Gasteiger partial charge in [0.2, 0.25) is 0 Å². The number of fused-ring (bicyclic) bond motifs is 1. The Balaban J connectivity index is 2.53. The molecule has 0 aliphatic heterocycles. The van der Waals surface area contributed by atoms with E-state index in [1.807, 2.05) is 39.0 Å². The summed E-state index contributed by atoms with van der Waals surface area (Å²) >= 11 is 7.54. The second kappa shape index (κ2) is 6.10. The molecular weight excluding hydrogens is 294 g/mol. The van der Waals surface area contributed by atoms with E-state index in [-0.39, 0.29) is 5.97 Å². The Labute approximate surface area is 127 Å². The SMILES string of the molecule is CCOC(=O)C(CC)(CC)c1nc2cc(Cl)ccc2s1. The third kappa shape index (κ3) is 2.54. The van der Waals surface area contributed by atoms with Gasteiger partial charge in [-0.05, 0) is 38.0 Å². The zero-order valence-corrected chi connectivity index (χ0v) is 13.5. The number of nitrogens with zero attached hydrogens (tertiary/aromatic N) is 1. The van der Waals surface area contributed by atoms with Gasteiger partial charge < -0.3 is 4.74 Å². The molecule has 0 fully saturated rings. The number of halogens is 1. The number of rotatable bonds is 5. The highest BCUT2D eigenvalue weighted by Gasteiger charge is 2.41. The summed E-state index contributed by atoms with van der Waals surface area (Å²) in [6.07, 6.45) is 1.35. The lowest BCUT2D eigenvalue weighted by Crippen LogP contribution is -2.36. The third-order valence-electron chi connectivity index (χ3n) is 3.63. The summed E-state index contributed by atoms with van der Waals surface area (Å²) in [5, 5.41) is 1.47. The minimum absolute atomic E-state index is 0.185. The number of carbonyl (C=O) groups is 1. The van der Waals surface area contributed by atoms with E-state index in [0.29, 0.717) is 24.5 Å². The molecule has 0 amide bonds. The van der Waals surface area contributed by atoms with E-state index in [0.717, 1.165) is 15.2 Å². The molecule has 20 heavy (non-hydrogen) atoms. The van der Waals surface area contributed by atoms with Crippen LogP contribution in [0.4, 0.5) is 0 Å². The first kappa shape index (κ1) is 15.3. The van der Waals surface area contributed by atoms with E-state index in [4.69, 9.17) is 16.3 Å². The average molecular weight is 312 g/mol. The summed E-state index contributed by atoms with van der Waals surface area (Å²) in [7, 11) is 0. The number of ether oxygens (including phenoxy) is 1. The number of aromatic nitrogens is 1. The van der Waals surface area contributed by atoms with Crippen LogP contribution in [0.1, 0.15) is 38.6 Å². The maximum Gasteiger partial charge on any atom is 0.319 e. The summed E-state index contributed by atoms with van der Waals surface area (Å²) < 4.78 is 6.31. The van der Waals surface area contributed by atoms with Crippen LogP contribution in [0.3, 0.4) is 0 Å². The highest BCUT2D eigenvalue weighted by molar-refractivity contribution is 7.18. The molecule has 0 bridgehead atoms. The van der Waals surface area contributed by atoms with Gasteiger partial charge in [-0.15, -0.1) is 11.3 Å². The van der Waals surface area contributed by atoms with Crippen LogP contribution in [0.15, 0.2) is 18.2 Å². The molecule has 0 N–H and O–H groups in total. The van der Waals surface area contributed by atoms with Crippen molar-refractivity contribution in [2.45, 2.75) is 39.0 Å². The number of thiazole rings is 1. The van der Waals surface area contributed by atoms with Crippen molar-refractivity contribution in [3.8, 4) is 0 Å². The van der Waals surface area contributed by atoms with Crippen LogP contribution >= 0.6 is 22.9 Å². The Morgan fingerprint density at radius 1 is 1.35 bits per heavy atom. The predicted octanol–water partition coefficient (Wildman–Crippen LogP) is 4.57. The summed E-state index contributed by atoms with van der Waals surface area (Å²) in [6, 6.07) is 5.62. The molecule has 1 aromatic heterocycles. The Morgan fingerprint density at radius 3 is 2.65 bits per heavy atom. The second-order valence-corrected chi connectivity index (χ2v) is 6.11. The van der Waals surface area contributed by atoms with E-state index < -0.39 is 5.41 Å². The number of benzene rings is 1. The number of carbonyl (C=O) groups excluding carboxylic acids is 1. The molecule has 1 aromatic carbocycles. The lowest BCUT2D eigenvalue weighted by atomic mass is 9.83. The highest BCUT2D eigenvalue weighted by Crippen LogP contribution is 2.38. The number of hydrogen-bond donors (Lipinski definition) is 0. The Hall–Kier alpha value is -1.13. The zero-order chi connectivity index (χ0) is 14.8. The van der Waals surface area contributed by atoms with Gasteiger partial charge >= 0.3 is 5.97 Å². The highest BCUT2D eigenvalue weighted by atomic mass is 35.5. The second-order valence-electron chi connectivity index (χ2n) is 4.64. The maximum absolute atomic E-state index is 12.4. The molecule has 0 radical (unpaired) electrons. The van der Waals surface area contributed by atoms with Gasteiger partial charge in [0.15, 0.2) is 0 Å². The van der Waals surface area contributed by atoms with Crippen molar-refractivity contribution in [2.75, 3.05) is 6.61 Å². The fourth-order valence-electron chi connectivity index (χ4n) is 2.30. The Morgan fingerprint density at radius 2 is 2.05 bits per heavy atom. The fourth-order valence-corrected chi connectivity index (χ4v) is 3.73. The van der Waals surface area contributed by atoms with Gasteiger partial charge in [0.25, 0.3) is 0 Å². The van der Waals surface area contributed by atoms with Gasteiger partial charge in [-0.2, -0.15) is 0 Å². The van der Waals surface area contributed by atoms with Gasteiger partial charge in [0, 0.05) is 5.02 Å². The molecular formula is C15H18ClNO2S. The molecule has 2 aromatic rings. The summed E-state index contributed by atoms with van der Waals surface area (Å²) in [5.41, 5.74) is 0.194. The normalized spacial score (nSPS) is 11.8. The van der Waals surface area contributed by atoms with Crippen LogP contribution in [0, 0.1) is 0 Å². The molecule has 108 valence electrons. The first-order chi connectivity index (χ1) is 9.57.